The van der Waals surface area contributed by atoms with Gasteiger partial charge in [0.15, 0.2) is 0 Å². The number of pyridine rings is 2. The van der Waals surface area contributed by atoms with Crippen LogP contribution < -0.4 is 0 Å². The number of nitrogens with zero attached hydrogens (tertiary/aromatic N) is 4. The molecule has 0 atom stereocenters. The SMILES string of the molecule is C(=C\c1ccc2c(c1)c1ccccc1n2-c1ccccn1)/c1ccc2c(c1)C1(c3ccccc3-c3ccccc31)c1cc(/C=C/c3ccc4c(c3)c3ccccc3n4-c3ccccn3)ccc1-2. The minimum absolute atomic E-state index is 0.468. The molecule has 0 bridgehead atoms. The van der Waals surface area contributed by atoms with Gasteiger partial charge in [0.1, 0.15) is 11.6 Å². The maximum absolute atomic E-state index is 4.72. The van der Waals surface area contributed by atoms with E-state index in [4.69, 9.17) is 9.97 Å². The Bertz CT molecular complexity index is 3770. The summed E-state index contributed by atoms with van der Waals surface area (Å²) < 4.78 is 4.52. The van der Waals surface area contributed by atoms with E-state index in [1.807, 2.05) is 36.7 Å². The van der Waals surface area contributed by atoms with E-state index >= 15 is 0 Å². The third-order valence-electron chi connectivity index (χ3n) is 14.2. The van der Waals surface area contributed by atoms with Gasteiger partial charge in [0.2, 0.25) is 0 Å². The smallest absolute Gasteiger partial charge is 0.137 e. The molecule has 312 valence electrons. The zero-order chi connectivity index (χ0) is 44.1. The van der Waals surface area contributed by atoms with Crippen LogP contribution in [0.2, 0.25) is 0 Å². The summed E-state index contributed by atoms with van der Waals surface area (Å²) >= 11 is 0. The normalized spacial score (nSPS) is 13.4. The van der Waals surface area contributed by atoms with Crippen LogP contribution in [0.3, 0.4) is 0 Å². The van der Waals surface area contributed by atoms with E-state index in [1.54, 1.807) is 0 Å². The Kier molecular flexibility index (Phi) is 8.16. The van der Waals surface area contributed by atoms with Gasteiger partial charge in [-0.25, -0.2) is 9.97 Å². The number of fused-ring (bicyclic) bond motifs is 16. The van der Waals surface area contributed by atoms with Gasteiger partial charge in [-0.3, -0.25) is 9.13 Å². The van der Waals surface area contributed by atoms with Crippen molar-refractivity contribution in [3.05, 3.63) is 263 Å². The fourth-order valence-corrected chi connectivity index (χ4v) is 11.4. The number of hydrogen-bond acceptors (Lipinski definition) is 2. The average Bonchev–Trinajstić information content (AvgIpc) is 4.09. The van der Waals surface area contributed by atoms with Crippen LogP contribution in [0.5, 0.6) is 0 Å². The molecule has 4 nitrogen and oxygen atoms in total. The Morgan fingerprint density at radius 3 is 1.13 bits per heavy atom. The van der Waals surface area contributed by atoms with Gasteiger partial charge >= 0.3 is 0 Å². The molecule has 2 aliphatic rings. The van der Waals surface area contributed by atoms with E-state index < -0.39 is 5.41 Å². The lowest BCUT2D eigenvalue weighted by Crippen LogP contribution is -2.26. The van der Waals surface area contributed by atoms with E-state index in [2.05, 4.69) is 215 Å². The van der Waals surface area contributed by atoms with Crippen molar-refractivity contribution in [2.75, 3.05) is 0 Å². The summed E-state index contributed by atoms with van der Waals surface area (Å²) in [5.41, 5.74) is 19.3. The van der Waals surface area contributed by atoms with Crippen molar-refractivity contribution in [1.29, 1.82) is 0 Å². The van der Waals surface area contributed by atoms with Crippen molar-refractivity contribution in [2.24, 2.45) is 0 Å². The highest BCUT2D eigenvalue weighted by atomic mass is 15.1. The Morgan fingerprint density at radius 1 is 0.299 bits per heavy atom. The van der Waals surface area contributed by atoms with Crippen LogP contribution in [-0.2, 0) is 5.41 Å². The highest BCUT2D eigenvalue weighted by molar-refractivity contribution is 6.11. The lowest BCUT2D eigenvalue weighted by atomic mass is 9.70. The van der Waals surface area contributed by atoms with Crippen molar-refractivity contribution in [3.8, 4) is 33.9 Å². The van der Waals surface area contributed by atoms with E-state index in [-0.39, 0.29) is 0 Å². The van der Waals surface area contributed by atoms with Gasteiger partial charge in [-0.05, 0) is 140 Å². The van der Waals surface area contributed by atoms with E-state index in [0.29, 0.717) is 0 Å². The first kappa shape index (κ1) is 37.5. The van der Waals surface area contributed by atoms with Gasteiger partial charge in [0, 0.05) is 33.9 Å². The minimum Gasteiger partial charge on any atom is -0.294 e. The summed E-state index contributed by atoms with van der Waals surface area (Å²) in [5, 5.41) is 4.86. The Balaban J connectivity index is 0.874. The topological polar surface area (TPSA) is 35.6 Å². The van der Waals surface area contributed by atoms with Crippen molar-refractivity contribution >= 4 is 67.9 Å². The molecule has 67 heavy (non-hydrogen) atoms. The molecule has 0 amide bonds. The molecular weight excluding hydrogens is 813 g/mol. The third-order valence-corrected chi connectivity index (χ3v) is 14.2. The summed E-state index contributed by atoms with van der Waals surface area (Å²) in [6.07, 6.45) is 12.8. The minimum atomic E-state index is -0.468. The van der Waals surface area contributed by atoms with E-state index in [0.717, 1.165) is 44.8 Å². The molecule has 0 radical (unpaired) electrons. The molecule has 0 unspecified atom stereocenters. The third kappa shape index (κ3) is 5.54. The van der Waals surface area contributed by atoms with Gasteiger partial charge in [0.05, 0.1) is 27.5 Å². The maximum atomic E-state index is 4.72. The Labute approximate surface area is 387 Å². The van der Waals surface area contributed by atoms with Crippen molar-refractivity contribution in [3.63, 3.8) is 0 Å². The standard InChI is InChI=1S/C63H40N4/c1-5-17-53-45(13-1)46-14-2-6-18-54(46)63(53)55-39-43(25-23-41-29-33-59-51(37-41)49-15-3-7-19-57(49)66(59)61-21-9-11-35-64-61)27-31-47(55)48-32-28-44(40-56(48)63)26-24-42-30-34-60-52(38-42)50-16-4-8-20-58(50)67(60)62-22-10-12-36-65-62/h1-40H/b25-23+,26-24+. The summed E-state index contributed by atoms with van der Waals surface area (Å²) in [4.78, 5) is 9.44. The van der Waals surface area contributed by atoms with Crippen molar-refractivity contribution in [2.45, 2.75) is 5.41 Å². The number of aromatic nitrogens is 4. The summed E-state index contributed by atoms with van der Waals surface area (Å²) in [6.45, 7) is 0. The summed E-state index contributed by atoms with van der Waals surface area (Å²) in [6, 6.07) is 75.2. The van der Waals surface area contributed by atoms with Crippen LogP contribution in [-0.4, -0.2) is 19.1 Å². The largest absolute Gasteiger partial charge is 0.294 e. The highest BCUT2D eigenvalue weighted by Gasteiger charge is 2.51. The molecule has 1 spiro atoms. The lowest BCUT2D eigenvalue weighted by molar-refractivity contribution is 0.793. The van der Waals surface area contributed by atoms with Crippen LogP contribution >= 0.6 is 0 Å². The first-order valence-electron chi connectivity index (χ1n) is 23.0. The molecule has 4 heterocycles. The van der Waals surface area contributed by atoms with Gasteiger partial charge in [-0.2, -0.15) is 0 Å². The molecule has 0 N–H and O–H groups in total. The molecule has 0 saturated heterocycles. The number of para-hydroxylation sites is 2. The van der Waals surface area contributed by atoms with Crippen molar-refractivity contribution < 1.29 is 0 Å². The number of hydrogen-bond donors (Lipinski definition) is 0. The fraction of sp³-hybridized carbons (Fsp3) is 0.0159. The second kappa shape index (κ2) is 14.6. The molecule has 14 rings (SSSR count). The van der Waals surface area contributed by atoms with Crippen LogP contribution in [0.4, 0.5) is 0 Å². The molecular formula is C63H40N4. The summed E-state index contributed by atoms with van der Waals surface area (Å²) in [5.74, 6) is 1.84. The summed E-state index contributed by atoms with van der Waals surface area (Å²) in [7, 11) is 0. The first-order valence-corrected chi connectivity index (χ1v) is 23.0. The van der Waals surface area contributed by atoms with Gasteiger partial charge in [-0.1, -0.05) is 158 Å². The second-order valence-electron chi connectivity index (χ2n) is 17.8. The molecule has 0 saturated carbocycles. The average molecular weight is 853 g/mol. The lowest BCUT2D eigenvalue weighted by Gasteiger charge is -2.30. The Hall–Kier alpha value is -8.86. The molecule has 2 aliphatic carbocycles. The molecule has 4 aromatic heterocycles. The van der Waals surface area contributed by atoms with E-state index in [1.165, 1.54) is 77.2 Å². The monoisotopic (exact) mass is 852 g/mol. The first-order chi connectivity index (χ1) is 33.2. The van der Waals surface area contributed by atoms with Gasteiger partial charge in [-0.15, -0.1) is 0 Å². The van der Waals surface area contributed by atoms with Gasteiger partial charge in [0.25, 0.3) is 0 Å². The van der Waals surface area contributed by atoms with Crippen LogP contribution in [0.15, 0.2) is 219 Å². The molecule has 4 heteroatoms. The zero-order valence-electron chi connectivity index (χ0n) is 36.4. The fourth-order valence-electron chi connectivity index (χ4n) is 11.4. The highest BCUT2D eigenvalue weighted by Crippen LogP contribution is 2.63. The molecule has 0 fully saturated rings. The zero-order valence-corrected chi connectivity index (χ0v) is 36.4. The van der Waals surface area contributed by atoms with Crippen LogP contribution in [0.1, 0.15) is 44.5 Å². The maximum Gasteiger partial charge on any atom is 0.137 e. The predicted molar refractivity (Wildman–Crippen MR) is 278 cm³/mol. The molecule has 0 aliphatic heterocycles. The van der Waals surface area contributed by atoms with Crippen LogP contribution in [0, 0.1) is 0 Å². The molecule has 8 aromatic carbocycles. The number of benzene rings is 8. The second-order valence-corrected chi connectivity index (χ2v) is 17.8. The predicted octanol–water partition coefficient (Wildman–Crippen LogP) is 15.4. The van der Waals surface area contributed by atoms with Crippen LogP contribution in [0.25, 0.3) is 102 Å². The van der Waals surface area contributed by atoms with E-state index in [9.17, 15) is 0 Å². The number of rotatable bonds is 6. The molecule has 12 aromatic rings. The van der Waals surface area contributed by atoms with Crippen molar-refractivity contribution in [1.82, 2.24) is 19.1 Å². The Morgan fingerprint density at radius 2 is 0.672 bits per heavy atom. The quantitative estimate of drug-likeness (QED) is 0.156. The van der Waals surface area contributed by atoms with Gasteiger partial charge < -0.3 is 0 Å².